The summed E-state index contributed by atoms with van der Waals surface area (Å²) < 4.78 is 31.0. The van der Waals surface area contributed by atoms with Crippen molar-refractivity contribution in [1.82, 2.24) is 4.57 Å². The maximum Gasteiger partial charge on any atom is 0.308 e. The van der Waals surface area contributed by atoms with Crippen LogP contribution in [0.25, 0.3) is 10.2 Å². The van der Waals surface area contributed by atoms with E-state index in [0.717, 1.165) is 28.0 Å². The molecular weight excluding hydrogens is 416 g/mol. The van der Waals surface area contributed by atoms with Gasteiger partial charge in [0.1, 0.15) is 0 Å². The van der Waals surface area contributed by atoms with Crippen LogP contribution in [0.5, 0.6) is 0 Å². The third-order valence-corrected chi connectivity index (χ3v) is 7.27. The molecule has 0 bridgehead atoms. The molecule has 1 N–H and O–H groups in total. The lowest BCUT2D eigenvalue weighted by Gasteiger charge is -2.15. The van der Waals surface area contributed by atoms with Gasteiger partial charge in [-0.3, -0.25) is 14.1 Å². The summed E-state index contributed by atoms with van der Waals surface area (Å²) in [5.41, 5.74) is 3.25. The molecule has 0 atom stereocenters. The van der Waals surface area contributed by atoms with E-state index in [9.17, 15) is 13.2 Å². The molecule has 1 heterocycles. The number of hydrogen-bond donors (Lipinski definition) is 1. The minimum atomic E-state index is -3.78. The third-order valence-electron chi connectivity index (χ3n) is 4.96. The zero-order chi connectivity index (χ0) is 21.3. The van der Waals surface area contributed by atoms with Gasteiger partial charge in [0.05, 0.1) is 27.3 Å². The zero-order valence-corrected chi connectivity index (χ0v) is 18.3. The minimum Gasteiger partial charge on any atom is -0.294 e. The van der Waals surface area contributed by atoms with Gasteiger partial charge in [0.2, 0.25) is 0 Å². The number of para-hydroxylation sites is 1. The fourth-order valence-electron chi connectivity index (χ4n) is 3.43. The highest BCUT2D eigenvalue weighted by atomic mass is 32.2. The van der Waals surface area contributed by atoms with Crippen LogP contribution in [0.1, 0.15) is 30.9 Å². The van der Waals surface area contributed by atoms with Gasteiger partial charge in [-0.15, -0.1) is 0 Å². The molecule has 5 nitrogen and oxygen atoms in total. The number of hydrogen-bond acceptors (Lipinski definition) is 4. The Morgan fingerprint density at radius 3 is 2.40 bits per heavy atom. The Labute approximate surface area is 179 Å². The predicted octanol–water partition coefficient (Wildman–Crippen LogP) is 5.04. The summed E-state index contributed by atoms with van der Waals surface area (Å²) in [5.74, 6) is 0.184. The van der Waals surface area contributed by atoms with Gasteiger partial charge in [0, 0.05) is 0 Å². The molecule has 3 aromatic carbocycles. The Morgan fingerprint density at radius 2 is 1.67 bits per heavy atom. The smallest absolute Gasteiger partial charge is 0.294 e. The number of fused-ring (bicyclic) bond motifs is 1. The summed E-state index contributed by atoms with van der Waals surface area (Å²) in [5, 5.41) is 0. The van der Waals surface area contributed by atoms with E-state index in [0.29, 0.717) is 16.9 Å². The third kappa shape index (κ3) is 4.04. The molecule has 4 rings (SSSR count). The van der Waals surface area contributed by atoms with Gasteiger partial charge in [-0.25, -0.2) is 8.42 Å². The van der Waals surface area contributed by atoms with E-state index in [4.69, 9.17) is 0 Å². The molecule has 0 spiro atoms. The quantitative estimate of drug-likeness (QED) is 0.459. The SMILES string of the molecule is CC(C)c1ccccc1NS(=O)(=O)c1ccc2c(c1)sc(=O)n2Cc1ccccc1. The second-order valence-electron chi connectivity index (χ2n) is 7.42. The summed E-state index contributed by atoms with van der Waals surface area (Å²) in [7, 11) is -3.78. The van der Waals surface area contributed by atoms with Crippen molar-refractivity contribution in [2.24, 2.45) is 0 Å². The number of nitrogens with zero attached hydrogens (tertiary/aromatic N) is 1. The number of aromatic nitrogens is 1. The average Bonchev–Trinajstić information content (AvgIpc) is 3.03. The summed E-state index contributed by atoms with van der Waals surface area (Å²) in [6, 6.07) is 21.9. The van der Waals surface area contributed by atoms with Crippen molar-refractivity contribution in [3.05, 3.63) is 93.6 Å². The Hall–Kier alpha value is -2.90. The molecule has 4 aromatic rings. The Morgan fingerprint density at radius 1 is 0.967 bits per heavy atom. The highest BCUT2D eigenvalue weighted by Crippen LogP contribution is 2.28. The first kappa shape index (κ1) is 20.4. The molecule has 0 amide bonds. The molecule has 0 saturated heterocycles. The maximum atomic E-state index is 13.0. The van der Waals surface area contributed by atoms with E-state index in [2.05, 4.69) is 4.72 Å². The van der Waals surface area contributed by atoms with Gasteiger partial charge >= 0.3 is 4.87 Å². The Balaban J connectivity index is 1.69. The van der Waals surface area contributed by atoms with E-state index in [1.54, 1.807) is 28.8 Å². The summed E-state index contributed by atoms with van der Waals surface area (Å²) in [6.45, 7) is 4.49. The predicted molar refractivity (Wildman–Crippen MR) is 123 cm³/mol. The zero-order valence-electron chi connectivity index (χ0n) is 16.7. The molecule has 30 heavy (non-hydrogen) atoms. The van der Waals surface area contributed by atoms with Crippen molar-refractivity contribution >= 4 is 37.3 Å². The Bertz CT molecular complexity index is 1350. The minimum absolute atomic E-state index is 0.110. The van der Waals surface area contributed by atoms with Crippen molar-refractivity contribution < 1.29 is 8.42 Å². The molecule has 0 fully saturated rings. The van der Waals surface area contributed by atoms with Crippen molar-refractivity contribution in [3.63, 3.8) is 0 Å². The van der Waals surface area contributed by atoms with Crippen LogP contribution in [0.4, 0.5) is 5.69 Å². The lowest BCUT2D eigenvalue weighted by molar-refractivity contribution is 0.601. The van der Waals surface area contributed by atoms with Crippen LogP contribution in [-0.2, 0) is 16.6 Å². The number of anilines is 1. The van der Waals surface area contributed by atoms with Crippen LogP contribution in [0.3, 0.4) is 0 Å². The second-order valence-corrected chi connectivity index (χ2v) is 10.1. The van der Waals surface area contributed by atoms with E-state index in [1.807, 2.05) is 62.4 Å². The highest BCUT2D eigenvalue weighted by molar-refractivity contribution is 7.92. The first-order valence-electron chi connectivity index (χ1n) is 9.64. The number of rotatable bonds is 6. The number of thiazole rings is 1. The number of benzene rings is 3. The van der Waals surface area contributed by atoms with Gasteiger partial charge in [0.25, 0.3) is 10.0 Å². The molecule has 0 aliphatic heterocycles. The maximum absolute atomic E-state index is 13.0. The normalized spacial score (nSPS) is 11.8. The van der Waals surface area contributed by atoms with Gasteiger partial charge in [-0.05, 0) is 41.3 Å². The molecule has 1 aromatic heterocycles. The highest BCUT2D eigenvalue weighted by Gasteiger charge is 2.19. The molecule has 0 aliphatic rings. The summed E-state index contributed by atoms with van der Waals surface area (Å²) in [4.78, 5) is 12.6. The van der Waals surface area contributed by atoms with E-state index >= 15 is 0 Å². The first-order chi connectivity index (χ1) is 14.3. The van der Waals surface area contributed by atoms with Crippen molar-refractivity contribution in [1.29, 1.82) is 0 Å². The van der Waals surface area contributed by atoms with Crippen LogP contribution in [-0.4, -0.2) is 13.0 Å². The summed E-state index contributed by atoms with van der Waals surface area (Å²) in [6.07, 6.45) is 0. The van der Waals surface area contributed by atoms with E-state index < -0.39 is 10.0 Å². The second kappa shape index (κ2) is 8.08. The fourth-order valence-corrected chi connectivity index (χ4v) is 5.54. The van der Waals surface area contributed by atoms with Gasteiger partial charge < -0.3 is 0 Å². The van der Waals surface area contributed by atoms with Crippen LogP contribution in [0, 0.1) is 0 Å². The van der Waals surface area contributed by atoms with Crippen LogP contribution in [0.15, 0.2) is 82.5 Å². The fraction of sp³-hybridized carbons (Fsp3) is 0.174. The molecule has 7 heteroatoms. The monoisotopic (exact) mass is 438 g/mol. The van der Waals surface area contributed by atoms with Crippen LogP contribution >= 0.6 is 11.3 Å². The van der Waals surface area contributed by atoms with Crippen LogP contribution < -0.4 is 9.60 Å². The van der Waals surface area contributed by atoms with Crippen molar-refractivity contribution in [3.8, 4) is 0 Å². The van der Waals surface area contributed by atoms with Crippen molar-refractivity contribution in [2.75, 3.05) is 4.72 Å². The Kier molecular flexibility index (Phi) is 5.49. The lowest BCUT2D eigenvalue weighted by Crippen LogP contribution is -2.15. The lowest BCUT2D eigenvalue weighted by atomic mass is 10.0. The molecule has 0 saturated carbocycles. The topological polar surface area (TPSA) is 68.2 Å². The first-order valence-corrected chi connectivity index (χ1v) is 11.9. The average molecular weight is 439 g/mol. The van der Waals surface area contributed by atoms with E-state index in [-0.39, 0.29) is 15.7 Å². The number of nitrogens with one attached hydrogen (secondary N) is 1. The van der Waals surface area contributed by atoms with E-state index in [1.165, 1.54) is 0 Å². The molecule has 154 valence electrons. The van der Waals surface area contributed by atoms with Gasteiger partial charge in [0.15, 0.2) is 0 Å². The van der Waals surface area contributed by atoms with Gasteiger partial charge in [-0.1, -0.05) is 73.7 Å². The number of sulfonamides is 1. The summed E-state index contributed by atoms with van der Waals surface area (Å²) >= 11 is 1.06. The van der Waals surface area contributed by atoms with Gasteiger partial charge in [-0.2, -0.15) is 0 Å². The molecular formula is C23H22N2O3S2. The van der Waals surface area contributed by atoms with Crippen LogP contribution in [0.2, 0.25) is 0 Å². The largest absolute Gasteiger partial charge is 0.308 e. The van der Waals surface area contributed by atoms with Crippen molar-refractivity contribution in [2.45, 2.75) is 31.2 Å². The molecule has 0 radical (unpaired) electrons. The molecule has 0 aliphatic carbocycles. The molecule has 0 unspecified atom stereocenters. The standard InChI is InChI=1S/C23H22N2O3S2/c1-16(2)19-10-6-7-11-20(19)24-30(27,28)18-12-13-21-22(14-18)29-23(26)25(21)15-17-8-4-3-5-9-17/h3-14,16,24H,15H2,1-2H3.